The van der Waals surface area contributed by atoms with E-state index in [4.69, 9.17) is 5.73 Å². The first-order valence-corrected chi connectivity index (χ1v) is 5.96. The summed E-state index contributed by atoms with van der Waals surface area (Å²) in [5, 5.41) is 0.615. The molecule has 0 aliphatic heterocycles. The average Bonchev–Trinajstić information content (AvgIpc) is 2.60. The van der Waals surface area contributed by atoms with Crippen molar-refractivity contribution in [2.45, 2.75) is 32.7 Å². The summed E-state index contributed by atoms with van der Waals surface area (Å²) in [6.07, 6.45) is -2.35. The molecule has 0 saturated heterocycles. The fourth-order valence-corrected chi connectivity index (χ4v) is 2.46. The van der Waals surface area contributed by atoms with Crippen LogP contribution in [-0.4, -0.2) is 25.0 Å². The Morgan fingerprint density at radius 1 is 1.44 bits per heavy atom. The quantitative estimate of drug-likeness (QED) is 0.871. The number of halogens is 2. The smallest absolute Gasteiger partial charge is 0.255 e. The zero-order valence-electron chi connectivity index (χ0n) is 9.70. The summed E-state index contributed by atoms with van der Waals surface area (Å²) in [7, 11) is 1.62. The second-order valence-corrected chi connectivity index (χ2v) is 5.00. The van der Waals surface area contributed by atoms with E-state index in [0.717, 1.165) is 10.6 Å². The van der Waals surface area contributed by atoms with Crippen molar-refractivity contribution in [2.24, 2.45) is 5.73 Å². The molecule has 0 radical (unpaired) electrons. The number of thiazole rings is 1. The normalized spacial score (nSPS) is 11.5. The SMILES string of the molecule is CC(C)c1nc(N(C)CC(F)F)sc1CN. The molecule has 0 aromatic carbocycles. The van der Waals surface area contributed by atoms with Gasteiger partial charge in [-0.25, -0.2) is 13.8 Å². The van der Waals surface area contributed by atoms with Crippen molar-refractivity contribution >= 4 is 16.5 Å². The summed E-state index contributed by atoms with van der Waals surface area (Å²) >= 11 is 1.39. The molecule has 2 N–H and O–H groups in total. The average molecular weight is 249 g/mol. The predicted octanol–water partition coefficient (Wildman–Crippen LogP) is 2.43. The number of anilines is 1. The molecular formula is C10H17F2N3S. The minimum Gasteiger partial charge on any atom is -0.345 e. The molecule has 0 fully saturated rings. The Kier molecular flexibility index (Phi) is 4.61. The van der Waals surface area contributed by atoms with Crippen LogP contribution < -0.4 is 10.6 Å². The van der Waals surface area contributed by atoms with Crippen LogP contribution in [0, 0.1) is 0 Å². The predicted molar refractivity (Wildman–Crippen MR) is 63.4 cm³/mol. The number of nitrogens with zero attached hydrogens (tertiary/aromatic N) is 2. The molecule has 0 aliphatic carbocycles. The van der Waals surface area contributed by atoms with E-state index >= 15 is 0 Å². The highest BCUT2D eigenvalue weighted by atomic mass is 32.1. The summed E-state index contributed by atoms with van der Waals surface area (Å²) in [5.74, 6) is 0.267. The Labute approximate surface area is 98.3 Å². The van der Waals surface area contributed by atoms with Crippen LogP contribution in [0.3, 0.4) is 0 Å². The molecule has 0 unspecified atom stereocenters. The molecule has 1 rings (SSSR count). The van der Waals surface area contributed by atoms with Gasteiger partial charge in [0.25, 0.3) is 6.43 Å². The summed E-state index contributed by atoms with van der Waals surface area (Å²) in [6.45, 7) is 4.15. The third kappa shape index (κ3) is 3.12. The summed E-state index contributed by atoms with van der Waals surface area (Å²) < 4.78 is 24.5. The summed E-state index contributed by atoms with van der Waals surface area (Å²) in [5.41, 5.74) is 6.53. The fourth-order valence-electron chi connectivity index (χ4n) is 1.40. The number of hydrogen-bond donors (Lipinski definition) is 1. The van der Waals surface area contributed by atoms with Gasteiger partial charge < -0.3 is 10.6 Å². The number of hydrogen-bond acceptors (Lipinski definition) is 4. The van der Waals surface area contributed by atoms with Crippen LogP contribution in [0.4, 0.5) is 13.9 Å². The molecule has 0 atom stereocenters. The largest absolute Gasteiger partial charge is 0.345 e. The van der Waals surface area contributed by atoms with E-state index < -0.39 is 6.43 Å². The van der Waals surface area contributed by atoms with Crippen LogP contribution in [0.1, 0.15) is 30.3 Å². The second kappa shape index (κ2) is 5.54. The van der Waals surface area contributed by atoms with Gasteiger partial charge in [0, 0.05) is 18.5 Å². The van der Waals surface area contributed by atoms with Crippen LogP contribution in [0.5, 0.6) is 0 Å². The molecule has 1 aromatic heterocycles. The lowest BCUT2D eigenvalue weighted by molar-refractivity contribution is 0.156. The van der Waals surface area contributed by atoms with Gasteiger partial charge in [0.05, 0.1) is 12.2 Å². The lowest BCUT2D eigenvalue weighted by Gasteiger charge is -2.14. The maximum atomic E-state index is 12.2. The van der Waals surface area contributed by atoms with Crippen LogP contribution in [0.25, 0.3) is 0 Å². The van der Waals surface area contributed by atoms with E-state index in [1.165, 1.54) is 16.2 Å². The van der Waals surface area contributed by atoms with Gasteiger partial charge in [-0.3, -0.25) is 0 Å². The maximum Gasteiger partial charge on any atom is 0.255 e. The summed E-state index contributed by atoms with van der Waals surface area (Å²) in [4.78, 5) is 6.82. The standard InChI is InChI=1S/C10H17F2N3S/c1-6(2)9-7(4-13)16-10(14-9)15(3)5-8(11)12/h6,8H,4-5,13H2,1-3H3. The van der Waals surface area contributed by atoms with Crippen molar-refractivity contribution in [1.29, 1.82) is 0 Å². The van der Waals surface area contributed by atoms with Crippen LogP contribution in [0.15, 0.2) is 0 Å². The minimum absolute atomic E-state index is 0.267. The molecule has 16 heavy (non-hydrogen) atoms. The first-order valence-electron chi connectivity index (χ1n) is 5.14. The van der Waals surface area contributed by atoms with E-state index in [9.17, 15) is 8.78 Å². The van der Waals surface area contributed by atoms with Crippen molar-refractivity contribution in [3.05, 3.63) is 10.6 Å². The highest BCUT2D eigenvalue weighted by molar-refractivity contribution is 7.15. The van der Waals surface area contributed by atoms with E-state index in [1.807, 2.05) is 13.8 Å². The lowest BCUT2D eigenvalue weighted by atomic mass is 10.1. The van der Waals surface area contributed by atoms with Gasteiger partial charge in [0.15, 0.2) is 5.13 Å². The van der Waals surface area contributed by atoms with E-state index in [1.54, 1.807) is 7.05 Å². The van der Waals surface area contributed by atoms with Gasteiger partial charge in [-0.15, -0.1) is 11.3 Å². The Hall–Kier alpha value is -0.750. The number of nitrogens with two attached hydrogens (primary N) is 1. The van der Waals surface area contributed by atoms with Gasteiger partial charge in [-0.05, 0) is 5.92 Å². The van der Waals surface area contributed by atoms with Gasteiger partial charge in [0.2, 0.25) is 0 Å². The molecule has 3 nitrogen and oxygen atoms in total. The Morgan fingerprint density at radius 2 is 2.06 bits per heavy atom. The topological polar surface area (TPSA) is 42.2 Å². The molecular weight excluding hydrogens is 232 g/mol. The Balaban J connectivity index is 2.89. The number of rotatable bonds is 5. The Morgan fingerprint density at radius 3 is 2.44 bits per heavy atom. The third-order valence-electron chi connectivity index (χ3n) is 2.19. The molecule has 0 amide bonds. The van der Waals surface area contributed by atoms with Gasteiger partial charge in [-0.2, -0.15) is 0 Å². The molecule has 0 aliphatic rings. The van der Waals surface area contributed by atoms with Crippen LogP contribution in [0.2, 0.25) is 0 Å². The minimum atomic E-state index is -2.35. The monoisotopic (exact) mass is 249 g/mol. The molecule has 6 heteroatoms. The molecule has 0 spiro atoms. The van der Waals surface area contributed by atoms with Crippen molar-refractivity contribution in [3.8, 4) is 0 Å². The first kappa shape index (κ1) is 13.3. The maximum absolute atomic E-state index is 12.2. The van der Waals surface area contributed by atoms with Gasteiger partial charge in [0.1, 0.15) is 0 Å². The molecule has 1 aromatic rings. The molecule has 0 saturated carbocycles. The molecule has 0 bridgehead atoms. The van der Waals surface area contributed by atoms with Crippen molar-refractivity contribution < 1.29 is 8.78 Å². The van der Waals surface area contributed by atoms with Gasteiger partial charge in [-0.1, -0.05) is 13.8 Å². The first-order chi connectivity index (χ1) is 7.45. The summed E-state index contributed by atoms with van der Waals surface area (Å²) in [6, 6.07) is 0. The van der Waals surface area contributed by atoms with E-state index in [2.05, 4.69) is 4.98 Å². The fraction of sp³-hybridized carbons (Fsp3) is 0.700. The highest BCUT2D eigenvalue weighted by Crippen LogP contribution is 2.30. The molecule has 1 heterocycles. The van der Waals surface area contributed by atoms with Crippen molar-refractivity contribution in [2.75, 3.05) is 18.5 Å². The molecule has 92 valence electrons. The van der Waals surface area contributed by atoms with Crippen molar-refractivity contribution in [3.63, 3.8) is 0 Å². The van der Waals surface area contributed by atoms with Crippen LogP contribution in [-0.2, 0) is 6.54 Å². The highest BCUT2D eigenvalue weighted by Gasteiger charge is 2.17. The zero-order valence-corrected chi connectivity index (χ0v) is 10.5. The zero-order chi connectivity index (χ0) is 12.3. The van der Waals surface area contributed by atoms with E-state index in [-0.39, 0.29) is 12.5 Å². The lowest BCUT2D eigenvalue weighted by Crippen LogP contribution is -2.23. The Bertz CT molecular complexity index is 339. The second-order valence-electron chi connectivity index (χ2n) is 3.94. The van der Waals surface area contributed by atoms with Gasteiger partial charge >= 0.3 is 0 Å². The van der Waals surface area contributed by atoms with Crippen molar-refractivity contribution in [1.82, 2.24) is 4.98 Å². The number of alkyl halides is 2. The van der Waals surface area contributed by atoms with E-state index in [0.29, 0.717) is 11.7 Å². The third-order valence-corrected chi connectivity index (χ3v) is 3.39. The number of aromatic nitrogens is 1. The van der Waals surface area contributed by atoms with Crippen LogP contribution >= 0.6 is 11.3 Å².